The summed E-state index contributed by atoms with van der Waals surface area (Å²) in [5, 5.41) is 9.91. The summed E-state index contributed by atoms with van der Waals surface area (Å²) in [6.45, 7) is 6.77. The normalized spacial score (nSPS) is 53.5. The average molecular weight is 154 g/mol. The fraction of sp³-hybridized carbons (Fsp3) is 1.00. The van der Waals surface area contributed by atoms with Gasteiger partial charge in [0.25, 0.3) is 0 Å². The van der Waals surface area contributed by atoms with Crippen molar-refractivity contribution in [2.45, 2.75) is 46.1 Å². The standard InChI is InChI=1S/C10H18O/c1-9(2)8(11)7-4-5-10(9,3)6-7/h7-8,11H,4-6H2,1-3H3/t7-,8+,10+/m1/s1. The molecule has 3 atom stereocenters. The Bertz CT molecular complexity index is 183. The second-order valence-corrected chi connectivity index (χ2v) is 5.23. The molecule has 0 spiro atoms. The highest BCUT2D eigenvalue weighted by Gasteiger charge is 2.59. The van der Waals surface area contributed by atoms with Crippen LogP contribution in [0, 0.1) is 16.7 Å². The monoisotopic (exact) mass is 154 g/mol. The SMILES string of the molecule is CC1(C)[C@@H](O)[C@@H]2CC[C@@]1(C)C2. The minimum atomic E-state index is -0.0405. The van der Waals surface area contributed by atoms with Gasteiger partial charge in [0.05, 0.1) is 6.10 Å². The smallest absolute Gasteiger partial charge is 0.0624 e. The molecule has 0 saturated heterocycles. The van der Waals surface area contributed by atoms with Crippen LogP contribution in [0.5, 0.6) is 0 Å². The molecule has 0 heterocycles. The van der Waals surface area contributed by atoms with Crippen LogP contribution >= 0.6 is 0 Å². The first-order chi connectivity index (χ1) is 4.97. The fourth-order valence-corrected chi connectivity index (χ4v) is 3.09. The highest BCUT2D eigenvalue weighted by molar-refractivity contribution is 5.09. The molecule has 0 aromatic rings. The Morgan fingerprint density at radius 3 is 2.18 bits per heavy atom. The zero-order valence-electron chi connectivity index (χ0n) is 7.72. The lowest BCUT2D eigenvalue weighted by atomic mass is 9.65. The molecule has 2 rings (SSSR count). The van der Waals surface area contributed by atoms with Crippen molar-refractivity contribution in [3.8, 4) is 0 Å². The maximum atomic E-state index is 9.91. The third-order valence-corrected chi connectivity index (χ3v) is 4.52. The molecule has 0 unspecified atom stereocenters. The first-order valence-electron chi connectivity index (χ1n) is 4.65. The molecule has 11 heavy (non-hydrogen) atoms. The van der Waals surface area contributed by atoms with E-state index in [1.165, 1.54) is 19.3 Å². The summed E-state index contributed by atoms with van der Waals surface area (Å²) in [4.78, 5) is 0. The van der Waals surface area contributed by atoms with Crippen LogP contribution in [0.15, 0.2) is 0 Å². The van der Waals surface area contributed by atoms with Crippen LogP contribution < -0.4 is 0 Å². The quantitative estimate of drug-likeness (QED) is 0.567. The number of aliphatic hydroxyl groups is 1. The number of rotatable bonds is 0. The second-order valence-electron chi connectivity index (χ2n) is 5.23. The molecule has 1 heteroatoms. The van der Waals surface area contributed by atoms with E-state index in [4.69, 9.17) is 0 Å². The largest absolute Gasteiger partial charge is 0.392 e. The van der Waals surface area contributed by atoms with Crippen molar-refractivity contribution in [1.82, 2.24) is 0 Å². The Labute approximate surface area is 68.8 Å². The lowest BCUT2D eigenvalue weighted by Crippen LogP contribution is -2.40. The zero-order chi connectivity index (χ0) is 8.28. The van der Waals surface area contributed by atoms with Gasteiger partial charge in [-0.2, -0.15) is 0 Å². The van der Waals surface area contributed by atoms with E-state index >= 15 is 0 Å². The van der Waals surface area contributed by atoms with Gasteiger partial charge < -0.3 is 5.11 Å². The first-order valence-corrected chi connectivity index (χ1v) is 4.65. The molecule has 1 nitrogen and oxygen atoms in total. The van der Waals surface area contributed by atoms with Crippen LogP contribution in [0.3, 0.4) is 0 Å². The van der Waals surface area contributed by atoms with Gasteiger partial charge in [0.2, 0.25) is 0 Å². The molecule has 64 valence electrons. The molecule has 0 radical (unpaired) electrons. The number of fused-ring (bicyclic) bond motifs is 2. The number of aliphatic hydroxyl groups excluding tert-OH is 1. The van der Waals surface area contributed by atoms with E-state index in [0.29, 0.717) is 11.3 Å². The molecule has 0 amide bonds. The average Bonchev–Trinajstić information content (AvgIpc) is 2.36. The predicted octanol–water partition coefficient (Wildman–Crippen LogP) is 2.19. The topological polar surface area (TPSA) is 20.2 Å². The zero-order valence-corrected chi connectivity index (χ0v) is 7.72. The molecule has 2 fully saturated rings. The van der Waals surface area contributed by atoms with Gasteiger partial charge in [-0.3, -0.25) is 0 Å². The van der Waals surface area contributed by atoms with E-state index in [9.17, 15) is 5.11 Å². The Balaban J connectivity index is 2.36. The van der Waals surface area contributed by atoms with Crippen molar-refractivity contribution in [3.05, 3.63) is 0 Å². The summed E-state index contributed by atoms with van der Waals surface area (Å²) in [6.07, 6.45) is 3.78. The van der Waals surface area contributed by atoms with Gasteiger partial charge in [0, 0.05) is 0 Å². The molecule has 2 aliphatic rings. The maximum Gasteiger partial charge on any atom is 0.0624 e. The van der Waals surface area contributed by atoms with Gasteiger partial charge >= 0.3 is 0 Å². The molecule has 2 bridgehead atoms. The van der Waals surface area contributed by atoms with Crippen molar-refractivity contribution in [2.24, 2.45) is 16.7 Å². The lowest BCUT2D eigenvalue weighted by molar-refractivity contribution is -0.0302. The number of hydrogen-bond donors (Lipinski definition) is 1. The van der Waals surface area contributed by atoms with Gasteiger partial charge in [-0.05, 0) is 36.0 Å². The van der Waals surface area contributed by atoms with E-state index in [1.54, 1.807) is 0 Å². The molecule has 0 aromatic carbocycles. The van der Waals surface area contributed by atoms with Crippen molar-refractivity contribution in [2.75, 3.05) is 0 Å². The molecular formula is C10H18O. The molecule has 0 aliphatic heterocycles. The predicted molar refractivity (Wildman–Crippen MR) is 45.2 cm³/mol. The van der Waals surface area contributed by atoms with Gasteiger partial charge in [-0.15, -0.1) is 0 Å². The van der Waals surface area contributed by atoms with Crippen LogP contribution in [-0.4, -0.2) is 11.2 Å². The molecule has 2 saturated carbocycles. The van der Waals surface area contributed by atoms with E-state index in [2.05, 4.69) is 20.8 Å². The van der Waals surface area contributed by atoms with Crippen LogP contribution in [0.2, 0.25) is 0 Å². The van der Waals surface area contributed by atoms with Gasteiger partial charge in [-0.1, -0.05) is 20.8 Å². The third-order valence-electron chi connectivity index (χ3n) is 4.52. The second kappa shape index (κ2) is 1.82. The summed E-state index contributed by atoms with van der Waals surface area (Å²) in [6, 6.07) is 0. The Morgan fingerprint density at radius 2 is 1.91 bits per heavy atom. The molecule has 1 N–H and O–H groups in total. The van der Waals surface area contributed by atoms with E-state index < -0.39 is 0 Å². The van der Waals surface area contributed by atoms with Crippen molar-refractivity contribution < 1.29 is 5.11 Å². The Kier molecular flexibility index (Phi) is 1.26. The van der Waals surface area contributed by atoms with E-state index in [1.807, 2.05) is 0 Å². The van der Waals surface area contributed by atoms with Gasteiger partial charge in [0.1, 0.15) is 0 Å². The fourth-order valence-electron chi connectivity index (χ4n) is 3.09. The van der Waals surface area contributed by atoms with E-state index in [0.717, 1.165) is 0 Å². The van der Waals surface area contributed by atoms with Crippen molar-refractivity contribution in [1.29, 1.82) is 0 Å². The van der Waals surface area contributed by atoms with Crippen LogP contribution in [0.25, 0.3) is 0 Å². The highest BCUT2D eigenvalue weighted by atomic mass is 16.3. The minimum Gasteiger partial charge on any atom is -0.392 e. The molecule has 2 aliphatic carbocycles. The van der Waals surface area contributed by atoms with Gasteiger partial charge in [0.15, 0.2) is 0 Å². The lowest BCUT2D eigenvalue weighted by Gasteiger charge is -2.42. The van der Waals surface area contributed by atoms with Gasteiger partial charge in [-0.25, -0.2) is 0 Å². The minimum absolute atomic E-state index is 0.0405. The van der Waals surface area contributed by atoms with E-state index in [-0.39, 0.29) is 11.5 Å². The van der Waals surface area contributed by atoms with Crippen molar-refractivity contribution in [3.63, 3.8) is 0 Å². The first kappa shape index (κ1) is 7.60. The Morgan fingerprint density at radius 1 is 1.27 bits per heavy atom. The summed E-state index contributed by atoms with van der Waals surface area (Å²) in [5.74, 6) is 0.606. The van der Waals surface area contributed by atoms with Crippen molar-refractivity contribution >= 4 is 0 Å². The van der Waals surface area contributed by atoms with Crippen LogP contribution in [0.1, 0.15) is 40.0 Å². The van der Waals surface area contributed by atoms with Crippen LogP contribution in [0.4, 0.5) is 0 Å². The number of hydrogen-bond acceptors (Lipinski definition) is 1. The third kappa shape index (κ3) is 0.703. The summed E-state index contributed by atoms with van der Waals surface area (Å²) in [5.41, 5.74) is 0.590. The molecular weight excluding hydrogens is 136 g/mol. The Hall–Kier alpha value is -0.0400. The highest BCUT2D eigenvalue weighted by Crippen LogP contribution is 2.63. The summed E-state index contributed by atoms with van der Waals surface area (Å²) in [7, 11) is 0. The summed E-state index contributed by atoms with van der Waals surface area (Å²) >= 11 is 0. The molecule has 0 aromatic heterocycles. The maximum absolute atomic E-state index is 9.91. The van der Waals surface area contributed by atoms with Crippen LogP contribution in [-0.2, 0) is 0 Å². The summed E-state index contributed by atoms with van der Waals surface area (Å²) < 4.78 is 0.